The van der Waals surface area contributed by atoms with Crippen molar-refractivity contribution in [2.45, 2.75) is 6.42 Å². The van der Waals surface area contributed by atoms with Gasteiger partial charge in [0.2, 0.25) is 0 Å². The molecule has 0 radical (unpaired) electrons. The Balaban J connectivity index is 2.37. The first kappa shape index (κ1) is 10.7. The van der Waals surface area contributed by atoms with Crippen LogP contribution in [0.5, 0.6) is 5.75 Å². The number of ether oxygens (including phenoxy) is 1. The van der Waals surface area contributed by atoms with Crippen LogP contribution in [0.15, 0.2) is 30.5 Å². The van der Waals surface area contributed by atoms with E-state index in [-0.39, 0.29) is 6.61 Å². The van der Waals surface area contributed by atoms with Crippen molar-refractivity contribution in [3.05, 3.63) is 30.5 Å². The van der Waals surface area contributed by atoms with E-state index in [0.29, 0.717) is 24.5 Å². The molecule has 0 fully saturated rings. The Labute approximate surface area is 93.7 Å². The third kappa shape index (κ3) is 2.06. The number of aromatic nitrogens is 1. The maximum atomic E-state index is 8.70. The summed E-state index contributed by atoms with van der Waals surface area (Å²) in [4.78, 5) is 4.22. The number of nitrogen functional groups attached to an aromatic ring is 1. The van der Waals surface area contributed by atoms with Crippen LogP contribution in [-0.2, 0) is 0 Å². The van der Waals surface area contributed by atoms with Gasteiger partial charge in [0, 0.05) is 18.4 Å². The predicted molar refractivity (Wildman–Crippen MR) is 63.4 cm³/mol. The van der Waals surface area contributed by atoms with Gasteiger partial charge in [-0.25, -0.2) is 0 Å². The summed E-state index contributed by atoms with van der Waals surface area (Å²) in [6.07, 6.45) is 2.19. The number of fused-ring (bicyclic) bond motifs is 1. The molecule has 84 valence electrons. The topological polar surface area (TPSA) is 68.4 Å². The monoisotopic (exact) mass is 218 g/mol. The summed E-state index contributed by atoms with van der Waals surface area (Å²) in [7, 11) is 0. The van der Waals surface area contributed by atoms with Gasteiger partial charge in [-0.1, -0.05) is 12.1 Å². The lowest BCUT2D eigenvalue weighted by molar-refractivity contribution is 0.235. The highest BCUT2D eigenvalue weighted by Gasteiger charge is 2.06. The summed E-state index contributed by atoms with van der Waals surface area (Å²) in [5, 5.41) is 9.61. The van der Waals surface area contributed by atoms with E-state index in [1.807, 2.05) is 24.3 Å². The second-order valence-corrected chi connectivity index (χ2v) is 3.49. The molecule has 4 nitrogen and oxygen atoms in total. The Hall–Kier alpha value is -1.81. The smallest absolute Gasteiger partial charge is 0.153 e. The summed E-state index contributed by atoms with van der Waals surface area (Å²) >= 11 is 0. The number of rotatable bonds is 4. The molecule has 0 atom stereocenters. The van der Waals surface area contributed by atoms with Crippen LogP contribution in [0, 0.1) is 0 Å². The first-order valence-corrected chi connectivity index (χ1v) is 5.20. The molecule has 0 amide bonds. The largest absolute Gasteiger partial charge is 0.491 e. The maximum Gasteiger partial charge on any atom is 0.153 e. The van der Waals surface area contributed by atoms with E-state index in [0.717, 1.165) is 10.9 Å². The normalized spacial score (nSPS) is 10.6. The average Bonchev–Trinajstić information content (AvgIpc) is 2.32. The summed E-state index contributed by atoms with van der Waals surface area (Å²) < 4.78 is 5.57. The number of anilines is 1. The summed E-state index contributed by atoms with van der Waals surface area (Å²) in [6.45, 7) is 0.567. The minimum Gasteiger partial charge on any atom is -0.491 e. The number of para-hydroxylation sites is 1. The molecule has 0 aliphatic carbocycles. The number of hydrogen-bond donors (Lipinski definition) is 2. The molecule has 0 spiro atoms. The zero-order valence-corrected chi connectivity index (χ0v) is 8.89. The van der Waals surface area contributed by atoms with Crippen molar-refractivity contribution in [3.63, 3.8) is 0 Å². The van der Waals surface area contributed by atoms with Crippen LogP contribution in [0.4, 0.5) is 5.69 Å². The van der Waals surface area contributed by atoms with Crippen LogP contribution in [0.2, 0.25) is 0 Å². The summed E-state index contributed by atoms with van der Waals surface area (Å²) in [5.74, 6) is 0.652. The zero-order valence-electron chi connectivity index (χ0n) is 8.89. The molecule has 1 aromatic carbocycles. The van der Waals surface area contributed by atoms with Gasteiger partial charge < -0.3 is 15.6 Å². The molecule has 0 bridgehead atoms. The Morgan fingerprint density at radius 3 is 2.94 bits per heavy atom. The molecule has 0 saturated carbocycles. The molecule has 3 N–H and O–H groups in total. The third-order valence-corrected chi connectivity index (χ3v) is 2.30. The van der Waals surface area contributed by atoms with Crippen molar-refractivity contribution >= 4 is 16.6 Å². The van der Waals surface area contributed by atoms with Gasteiger partial charge in [-0.2, -0.15) is 0 Å². The molecule has 0 saturated heterocycles. The van der Waals surface area contributed by atoms with Crippen LogP contribution in [-0.4, -0.2) is 23.3 Å². The second kappa shape index (κ2) is 4.81. The molecular weight excluding hydrogens is 204 g/mol. The highest BCUT2D eigenvalue weighted by atomic mass is 16.5. The first-order valence-electron chi connectivity index (χ1n) is 5.20. The van der Waals surface area contributed by atoms with Crippen LogP contribution in [0.1, 0.15) is 6.42 Å². The lowest BCUT2D eigenvalue weighted by Gasteiger charge is -2.10. The lowest BCUT2D eigenvalue weighted by atomic mass is 10.2. The molecular formula is C12H14N2O2. The first-order chi connectivity index (χ1) is 7.83. The van der Waals surface area contributed by atoms with Crippen molar-refractivity contribution in [3.8, 4) is 5.75 Å². The van der Waals surface area contributed by atoms with Gasteiger partial charge in [0.1, 0.15) is 0 Å². The van der Waals surface area contributed by atoms with Crippen molar-refractivity contribution in [2.75, 3.05) is 18.9 Å². The van der Waals surface area contributed by atoms with Gasteiger partial charge in [-0.15, -0.1) is 0 Å². The minimum atomic E-state index is 0.114. The van der Waals surface area contributed by atoms with Gasteiger partial charge in [-0.05, 0) is 12.1 Å². The Bertz CT molecular complexity index is 485. The number of hydrogen-bond acceptors (Lipinski definition) is 4. The molecule has 4 heteroatoms. The number of pyridine rings is 1. The van der Waals surface area contributed by atoms with Gasteiger partial charge >= 0.3 is 0 Å². The van der Waals surface area contributed by atoms with Crippen molar-refractivity contribution in [1.82, 2.24) is 4.98 Å². The molecule has 0 unspecified atom stereocenters. The molecule has 16 heavy (non-hydrogen) atoms. The standard InChI is InChI=1S/C12H14N2O2/c13-10-8-14-11-5-2-1-4-9(11)12(10)16-7-3-6-15/h1-2,4-5,8,15H,3,6-7,13H2. The molecule has 0 aliphatic heterocycles. The fourth-order valence-electron chi connectivity index (χ4n) is 1.53. The number of aliphatic hydroxyl groups excluding tert-OH is 1. The van der Waals surface area contributed by atoms with Crippen LogP contribution in [0.3, 0.4) is 0 Å². The highest BCUT2D eigenvalue weighted by molar-refractivity contribution is 5.89. The number of aliphatic hydroxyl groups is 1. The average molecular weight is 218 g/mol. The zero-order chi connectivity index (χ0) is 11.4. The van der Waals surface area contributed by atoms with Crippen molar-refractivity contribution < 1.29 is 9.84 Å². The lowest BCUT2D eigenvalue weighted by Crippen LogP contribution is -2.03. The van der Waals surface area contributed by atoms with Crippen LogP contribution in [0.25, 0.3) is 10.9 Å². The van der Waals surface area contributed by atoms with E-state index in [2.05, 4.69) is 4.98 Å². The van der Waals surface area contributed by atoms with E-state index in [4.69, 9.17) is 15.6 Å². The summed E-state index contributed by atoms with van der Waals surface area (Å²) in [5.41, 5.74) is 7.20. The highest BCUT2D eigenvalue weighted by Crippen LogP contribution is 2.29. The molecule has 1 heterocycles. The Kier molecular flexibility index (Phi) is 3.22. The van der Waals surface area contributed by atoms with Crippen molar-refractivity contribution in [1.29, 1.82) is 0 Å². The van der Waals surface area contributed by atoms with Crippen molar-refractivity contribution in [2.24, 2.45) is 0 Å². The van der Waals surface area contributed by atoms with Gasteiger partial charge in [0.25, 0.3) is 0 Å². The molecule has 2 rings (SSSR count). The Morgan fingerprint density at radius 2 is 2.12 bits per heavy atom. The fourth-order valence-corrected chi connectivity index (χ4v) is 1.53. The summed E-state index contributed by atoms with van der Waals surface area (Å²) in [6, 6.07) is 7.67. The Morgan fingerprint density at radius 1 is 1.31 bits per heavy atom. The van der Waals surface area contributed by atoms with E-state index in [9.17, 15) is 0 Å². The molecule has 1 aromatic heterocycles. The van der Waals surface area contributed by atoms with E-state index < -0.39 is 0 Å². The molecule has 0 aliphatic rings. The second-order valence-electron chi connectivity index (χ2n) is 3.49. The van der Waals surface area contributed by atoms with Gasteiger partial charge in [-0.3, -0.25) is 4.98 Å². The van der Waals surface area contributed by atoms with Crippen LogP contribution >= 0.6 is 0 Å². The number of nitrogens with zero attached hydrogens (tertiary/aromatic N) is 1. The third-order valence-electron chi connectivity index (χ3n) is 2.30. The molecule has 2 aromatic rings. The minimum absolute atomic E-state index is 0.114. The maximum absolute atomic E-state index is 8.70. The van der Waals surface area contributed by atoms with Gasteiger partial charge in [0.15, 0.2) is 5.75 Å². The SMILES string of the molecule is Nc1cnc2ccccc2c1OCCCO. The predicted octanol–water partition coefficient (Wildman–Crippen LogP) is 1.58. The quantitative estimate of drug-likeness (QED) is 0.764. The van der Waals surface area contributed by atoms with Crippen LogP contribution < -0.4 is 10.5 Å². The van der Waals surface area contributed by atoms with Gasteiger partial charge in [0.05, 0.1) is 24.0 Å². The van der Waals surface area contributed by atoms with E-state index in [1.54, 1.807) is 6.20 Å². The fraction of sp³-hybridized carbons (Fsp3) is 0.250. The van der Waals surface area contributed by atoms with E-state index >= 15 is 0 Å². The number of nitrogens with two attached hydrogens (primary N) is 1. The number of benzene rings is 1. The van der Waals surface area contributed by atoms with E-state index in [1.165, 1.54) is 0 Å².